The Kier molecular flexibility index (Phi) is 5.17. The zero-order valence-corrected chi connectivity index (χ0v) is 10.5. The first-order valence-corrected chi connectivity index (χ1v) is 5.70. The normalized spacial score (nSPS) is 11.7. The lowest BCUT2D eigenvalue weighted by molar-refractivity contribution is -0.141. The average Bonchev–Trinajstić information content (AvgIpc) is 2.38. The van der Waals surface area contributed by atoms with Gasteiger partial charge in [0.05, 0.1) is 18.6 Å². The molecule has 0 spiro atoms. The number of nitrogens with one attached hydrogen (secondary N) is 1. The third kappa shape index (κ3) is 3.76. The summed E-state index contributed by atoms with van der Waals surface area (Å²) in [5.74, 6) is -1.09. The lowest BCUT2D eigenvalue weighted by atomic mass is 10.1. The van der Waals surface area contributed by atoms with Gasteiger partial charge in [0.2, 0.25) is 0 Å². The van der Waals surface area contributed by atoms with Gasteiger partial charge in [-0.3, -0.25) is 9.59 Å². The van der Waals surface area contributed by atoms with Crippen LogP contribution in [0.3, 0.4) is 0 Å². The Labute approximate surface area is 106 Å². The molecule has 98 valence electrons. The van der Waals surface area contributed by atoms with E-state index in [1.807, 2.05) is 0 Å². The minimum atomic E-state index is -0.860. The molecule has 0 aromatic heterocycles. The van der Waals surface area contributed by atoms with Crippen LogP contribution in [0.1, 0.15) is 23.7 Å². The van der Waals surface area contributed by atoms with Crippen LogP contribution >= 0.6 is 0 Å². The van der Waals surface area contributed by atoms with E-state index in [0.717, 1.165) is 0 Å². The summed E-state index contributed by atoms with van der Waals surface area (Å²) in [6.07, 6.45) is 0.399. The zero-order valence-electron chi connectivity index (χ0n) is 10.5. The van der Waals surface area contributed by atoms with E-state index in [0.29, 0.717) is 24.3 Å². The second kappa shape index (κ2) is 6.64. The number of para-hydroxylation sites is 1. The van der Waals surface area contributed by atoms with E-state index in [9.17, 15) is 9.59 Å². The van der Waals surface area contributed by atoms with E-state index in [-0.39, 0.29) is 5.91 Å². The Bertz CT molecular complexity index is 431. The highest BCUT2D eigenvalue weighted by atomic mass is 16.5. The number of amides is 1. The third-order valence-corrected chi connectivity index (χ3v) is 2.64. The van der Waals surface area contributed by atoms with Gasteiger partial charge in [0.1, 0.15) is 5.75 Å². The van der Waals surface area contributed by atoms with Gasteiger partial charge in [-0.25, -0.2) is 0 Å². The van der Waals surface area contributed by atoms with E-state index >= 15 is 0 Å². The SMILES string of the molecule is COc1ccccc1C(=O)NCCC(C)C(=O)O. The molecule has 0 heterocycles. The van der Waals surface area contributed by atoms with Crippen LogP contribution < -0.4 is 10.1 Å². The largest absolute Gasteiger partial charge is 0.496 e. The molecular formula is C13H17NO4. The Hall–Kier alpha value is -2.04. The van der Waals surface area contributed by atoms with Gasteiger partial charge in [0, 0.05) is 6.54 Å². The molecule has 1 rings (SSSR count). The van der Waals surface area contributed by atoms with Crippen molar-refractivity contribution in [3.8, 4) is 5.75 Å². The van der Waals surface area contributed by atoms with E-state index in [2.05, 4.69) is 5.32 Å². The Morgan fingerprint density at radius 2 is 2.06 bits per heavy atom. The predicted octanol–water partition coefficient (Wildman–Crippen LogP) is 1.54. The lowest BCUT2D eigenvalue weighted by Crippen LogP contribution is -2.27. The summed E-state index contributed by atoms with van der Waals surface area (Å²) in [4.78, 5) is 22.4. The fourth-order valence-electron chi connectivity index (χ4n) is 1.45. The topological polar surface area (TPSA) is 75.6 Å². The van der Waals surface area contributed by atoms with E-state index < -0.39 is 11.9 Å². The second-order valence-corrected chi connectivity index (χ2v) is 3.98. The van der Waals surface area contributed by atoms with E-state index in [4.69, 9.17) is 9.84 Å². The van der Waals surface area contributed by atoms with Crippen LogP contribution in [0.2, 0.25) is 0 Å². The van der Waals surface area contributed by atoms with Gasteiger partial charge in [-0.1, -0.05) is 19.1 Å². The standard InChI is InChI=1S/C13H17NO4/c1-9(13(16)17)7-8-14-12(15)10-5-3-4-6-11(10)18-2/h3-6,9H,7-8H2,1-2H3,(H,14,15)(H,16,17). The number of carbonyl (C=O) groups is 2. The molecule has 1 aromatic carbocycles. The monoisotopic (exact) mass is 251 g/mol. The molecule has 1 aromatic rings. The molecule has 1 atom stereocenters. The van der Waals surface area contributed by atoms with E-state index in [1.165, 1.54) is 7.11 Å². The minimum Gasteiger partial charge on any atom is -0.496 e. The molecule has 1 unspecified atom stereocenters. The first kappa shape index (κ1) is 14.0. The first-order valence-electron chi connectivity index (χ1n) is 5.70. The van der Waals surface area contributed by atoms with Crippen LogP contribution in [0.4, 0.5) is 0 Å². The van der Waals surface area contributed by atoms with Crippen molar-refractivity contribution >= 4 is 11.9 Å². The Balaban J connectivity index is 2.53. The summed E-state index contributed by atoms with van der Waals surface area (Å²) in [5, 5.41) is 11.4. The maximum Gasteiger partial charge on any atom is 0.306 e. The van der Waals surface area contributed by atoms with Gasteiger partial charge in [0.15, 0.2) is 0 Å². The highest BCUT2D eigenvalue weighted by Crippen LogP contribution is 2.16. The van der Waals surface area contributed by atoms with Crippen molar-refractivity contribution in [3.63, 3.8) is 0 Å². The number of hydrogen-bond acceptors (Lipinski definition) is 3. The average molecular weight is 251 g/mol. The number of ether oxygens (including phenoxy) is 1. The van der Waals surface area contributed by atoms with Crippen molar-refractivity contribution < 1.29 is 19.4 Å². The van der Waals surface area contributed by atoms with Gasteiger partial charge >= 0.3 is 5.97 Å². The van der Waals surface area contributed by atoms with Crippen LogP contribution in [0.5, 0.6) is 5.75 Å². The molecule has 2 N–H and O–H groups in total. The molecule has 0 fully saturated rings. The summed E-state index contributed by atoms with van der Waals surface area (Å²) < 4.78 is 5.08. The van der Waals surface area contributed by atoms with Gasteiger partial charge in [-0.05, 0) is 18.6 Å². The number of carbonyl (C=O) groups excluding carboxylic acids is 1. The van der Waals surface area contributed by atoms with Crippen molar-refractivity contribution in [3.05, 3.63) is 29.8 Å². The highest BCUT2D eigenvalue weighted by Gasteiger charge is 2.13. The molecule has 1 amide bonds. The predicted molar refractivity (Wildman–Crippen MR) is 66.7 cm³/mol. The van der Waals surface area contributed by atoms with Crippen LogP contribution in [0, 0.1) is 5.92 Å². The number of rotatable bonds is 6. The summed E-state index contributed by atoms with van der Waals surface area (Å²) in [5.41, 5.74) is 0.447. The molecule has 0 aliphatic rings. The molecule has 5 heteroatoms. The van der Waals surface area contributed by atoms with Crippen molar-refractivity contribution in [1.29, 1.82) is 0 Å². The Morgan fingerprint density at radius 1 is 1.39 bits per heavy atom. The number of benzene rings is 1. The lowest BCUT2D eigenvalue weighted by Gasteiger charge is -2.10. The summed E-state index contributed by atoms with van der Waals surface area (Å²) >= 11 is 0. The van der Waals surface area contributed by atoms with Gasteiger partial charge < -0.3 is 15.2 Å². The maximum atomic E-state index is 11.8. The molecule has 18 heavy (non-hydrogen) atoms. The highest BCUT2D eigenvalue weighted by molar-refractivity contribution is 5.96. The molecule has 0 bridgehead atoms. The fourth-order valence-corrected chi connectivity index (χ4v) is 1.45. The van der Waals surface area contributed by atoms with E-state index in [1.54, 1.807) is 31.2 Å². The summed E-state index contributed by atoms with van der Waals surface area (Å²) in [6, 6.07) is 6.89. The fraction of sp³-hybridized carbons (Fsp3) is 0.385. The van der Waals surface area contributed by atoms with Crippen molar-refractivity contribution in [2.75, 3.05) is 13.7 Å². The zero-order chi connectivity index (χ0) is 13.5. The smallest absolute Gasteiger partial charge is 0.306 e. The van der Waals surface area contributed by atoms with Crippen molar-refractivity contribution in [2.45, 2.75) is 13.3 Å². The number of hydrogen-bond donors (Lipinski definition) is 2. The molecule has 0 saturated carbocycles. The molecule has 0 aliphatic heterocycles. The second-order valence-electron chi connectivity index (χ2n) is 3.98. The number of methoxy groups -OCH3 is 1. The van der Waals surface area contributed by atoms with Crippen LogP contribution in [-0.4, -0.2) is 30.6 Å². The van der Waals surface area contributed by atoms with Gasteiger partial charge in [-0.2, -0.15) is 0 Å². The summed E-state index contributed by atoms with van der Waals surface area (Å²) in [7, 11) is 1.50. The maximum absolute atomic E-state index is 11.8. The summed E-state index contributed by atoms with van der Waals surface area (Å²) in [6.45, 7) is 1.93. The van der Waals surface area contributed by atoms with Crippen LogP contribution in [0.25, 0.3) is 0 Å². The van der Waals surface area contributed by atoms with Crippen LogP contribution in [0.15, 0.2) is 24.3 Å². The minimum absolute atomic E-state index is 0.259. The van der Waals surface area contributed by atoms with Crippen LogP contribution in [-0.2, 0) is 4.79 Å². The molecular weight excluding hydrogens is 234 g/mol. The van der Waals surface area contributed by atoms with Crippen molar-refractivity contribution in [2.24, 2.45) is 5.92 Å². The number of carboxylic acids is 1. The third-order valence-electron chi connectivity index (χ3n) is 2.64. The molecule has 5 nitrogen and oxygen atoms in total. The van der Waals surface area contributed by atoms with Gasteiger partial charge in [-0.15, -0.1) is 0 Å². The molecule has 0 saturated heterocycles. The molecule has 0 radical (unpaired) electrons. The quantitative estimate of drug-likeness (QED) is 0.804. The van der Waals surface area contributed by atoms with Gasteiger partial charge in [0.25, 0.3) is 5.91 Å². The Morgan fingerprint density at radius 3 is 2.67 bits per heavy atom. The number of aliphatic carboxylic acids is 1. The van der Waals surface area contributed by atoms with Crippen molar-refractivity contribution in [1.82, 2.24) is 5.32 Å². The number of carboxylic acid groups (broad SMARTS) is 1. The first-order chi connectivity index (χ1) is 8.56. The molecule has 0 aliphatic carbocycles.